The SMILES string of the molecule is CCc1cccc(CNCC(O)C(Cc2cc(F)cc(F)c2)NC(=O)CN2CCN(C)C(=O)C2=O)c1. The van der Waals surface area contributed by atoms with Crippen LogP contribution in [-0.2, 0) is 33.8 Å². The van der Waals surface area contributed by atoms with E-state index in [1.165, 1.54) is 17.5 Å². The van der Waals surface area contributed by atoms with Crippen LogP contribution in [0.3, 0.4) is 0 Å². The van der Waals surface area contributed by atoms with Crippen molar-refractivity contribution in [2.45, 2.75) is 38.5 Å². The van der Waals surface area contributed by atoms with E-state index in [0.29, 0.717) is 13.1 Å². The van der Waals surface area contributed by atoms with Crippen molar-refractivity contribution in [3.8, 4) is 0 Å². The minimum absolute atomic E-state index is 0.0375. The first kappa shape index (κ1) is 27.2. The number of aryl methyl sites for hydroxylation is 1. The van der Waals surface area contributed by atoms with Gasteiger partial charge in [-0.1, -0.05) is 31.2 Å². The Bertz CT molecular complexity index is 1080. The fourth-order valence-electron chi connectivity index (χ4n) is 4.08. The van der Waals surface area contributed by atoms with Crippen LogP contribution in [0.5, 0.6) is 0 Å². The molecule has 36 heavy (non-hydrogen) atoms. The van der Waals surface area contributed by atoms with Crippen LogP contribution in [0.1, 0.15) is 23.6 Å². The van der Waals surface area contributed by atoms with Gasteiger partial charge in [0, 0.05) is 39.3 Å². The maximum Gasteiger partial charge on any atom is 0.312 e. The van der Waals surface area contributed by atoms with E-state index in [2.05, 4.69) is 23.6 Å². The van der Waals surface area contributed by atoms with E-state index in [-0.39, 0.29) is 31.6 Å². The molecule has 3 amide bonds. The second-order valence-corrected chi connectivity index (χ2v) is 8.98. The molecule has 3 rings (SSSR count). The van der Waals surface area contributed by atoms with Gasteiger partial charge in [0.15, 0.2) is 0 Å². The molecule has 0 aromatic heterocycles. The van der Waals surface area contributed by atoms with Gasteiger partial charge in [-0.2, -0.15) is 0 Å². The lowest BCUT2D eigenvalue weighted by molar-refractivity contribution is -0.155. The number of amides is 3. The summed E-state index contributed by atoms with van der Waals surface area (Å²) in [6.07, 6.45) is -0.236. The summed E-state index contributed by atoms with van der Waals surface area (Å²) < 4.78 is 27.5. The molecule has 2 unspecified atom stereocenters. The molecule has 1 aliphatic rings. The predicted molar refractivity (Wildman–Crippen MR) is 130 cm³/mol. The number of rotatable bonds is 11. The third kappa shape index (κ3) is 7.56. The molecule has 0 saturated carbocycles. The van der Waals surface area contributed by atoms with Gasteiger partial charge in [0.25, 0.3) is 0 Å². The Morgan fingerprint density at radius 1 is 1.03 bits per heavy atom. The van der Waals surface area contributed by atoms with Crippen LogP contribution in [0.15, 0.2) is 42.5 Å². The molecule has 10 heteroatoms. The zero-order chi connectivity index (χ0) is 26.2. The first-order valence-electron chi connectivity index (χ1n) is 11.9. The summed E-state index contributed by atoms with van der Waals surface area (Å²) in [5.41, 5.74) is 2.48. The quantitative estimate of drug-likeness (QED) is 0.398. The lowest BCUT2D eigenvalue weighted by Gasteiger charge is -2.32. The van der Waals surface area contributed by atoms with Crippen molar-refractivity contribution in [3.05, 3.63) is 70.8 Å². The molecule has 2 aromatic carbocycles. The van der Waals surface area contributed by atoms with Crippen LogP contribution < -0.4 is 10.6 Å². The first-order valence-corrected chi connectivity index (χ1v) is 11.9. The van der Waals surface area contributed by atoms with E-state index in [1.54, 1.807) is 0 Å². The maximum absolute atomic E-state index is 13.7. The number of carbonyl (C=O) groups excluding carboxylic acids is 3. The van der Waals surface area contributed by atoms with Crippen molar-refractivity contribution < 1.29 is 28.3 Å². The molecule has 2 atom stereocenters. The van der Waals surface area contributed by atoms with Crippen molar-refractivity contribution in [2.24, 2.45) is 0 Å². The second-order valence-electron chi connectivity index (χ2n) is 8.98. The standard InChI is InChI=1S/C26H32F2N4O4/c1-3-17-5-4-6-18(9-17)14-29-15-23(33)22(12-19-10-20(27)13-21(28)11-19)30-24(34)16-32-8-7-31(2)25(35)26(32)36/h4-6,9-11,13,22-23,29,33H,3,7-8,12,14-16H2,1-2H3,(H,30,34). The molecule has 8 nitrogen and oxygen atoms in total. The highest BCUT2D eigenvalue weighted by atomic mass is 19.1. The average molecular weight is 503 g/mol. The Balaban J connectivity index is 1.66. The lowest BCUT2D eigenvalue weighted by Crippen LogP contribution is -2.57. The Kier molecular flexibility index (Phi) is 9.49. The monoisotopic (exact) mass is 502 g/mol. The fourth-order valence-corrected chi connectivity index (χ4v) is 4.08. The average Bonchev–Trinajstić information content (AvgIpc) is 2.83. The number of halogens is 2. The van der Waals surface area contributed by atoms with Gasteiger partial charge < -0.3 is 25.5 Å². The van der Waals surface area contributed by atoms with Crippen molar-refractivity contribution in [3.63, 3.8) is 0 Å². The number of benzene rings is 2. The van der Waals surface area contributed by atoms with Gasteiger partial charge in [-0.25, -0.2) is 8.78 Å². The summed E-state index contributed by atoms with van der Waals surface area (Å²) >= 11 is 0. The molecule has 1 saturated heterocycles. The van der Waals surface area contributed by atoms with Gasteiger partial charge in [0.05, 0.1) is 12.1 Å². The van der Waals surface area contributed by atoms with E-state index in [4.69, 9.17) is 0 Å². The van der Waals surface area contributed by atoms with Crippen LogP contribution >= 0.6 is 0 Å². The summed E-state index contributed by atoms with van der Waals surface area (Å²) in [6, 6.07) is 10.1. The van der Waals surface area contributed by atoms with Crippen LogP contribution in [0, 0.1) is 11.6 Å². The van der Waals surface area contributed by atoms with E-state index in [0.717, 1.165) is 35.1 Å². The summed E-state index contributed by atoms with van der Waals surface area (Å²) in [5.74, 6) is -3.59. The number of hydrogen-bond acceptors (Lipinski definition) is 5. The number of piperazine rings is 1. The van der Waals surface area contributed by atoms with E-state index in [9.17, 15) is 28.3 Å². The third-order valence-corrected chi connectivity index (χ3v) is 6.13. The molecule has 194 valence electrons. The summed E-state index contributed by atoms with van der Waals surface area (Å²) in [4.78, 5) is 39.3. The maximum atomic E-state index is 13.7. The second kappa shape index (κ2) is 12.5. The van der Waals surface area contributed by atoms with Gasteiger partial charge in [-0.05, 0) is 41.7 Å². The Hall–Kier alpha value is -3.37. The number of aliphatic hydroxyl groups is 1. The Morgan fingerprint density at radius 3 is 2.42 bits per heavy atom. The molecule has 0 spiro atoms. The van der Waals surface area contributed by atoms with Crippen molar-refractivity contribution in [1.82, 2.24) is 20.4 Å². The first-order chi connectivity index (χ1) is 17.2. The molecular formula is C26H32F2N4O4. The highest BCUT2D eigenvalue weighted by Crippen LogP contribution is 2.13. The van der Waals surface area contributed by atoms with E-state index >= 15 is 0 Å². The number of carbonyl (C=O) groups is 3. The van der Waals surface area contributed by atoms with Gasteiger partial charge >= 0.3 is 11.8 Å². The largest absolute Gasteiger partial charge is 0.390 e. The summed E-state index contributed by atoms with van der Waals surface area (Å²) in [7, 11) is 1.51. The van der Waals surface area contributed by atoms with Crippen molar-refractivity contribution in [1.29, 1.82) is 0 Å². The van der Waals surface area contributed by atoms with Crippen molar-refractivity contribution in [2.75, 3.05) is 33.2 Å². The molecular weight excluding hydrogens is 470 g/mol. The fraction of sp³-hybridized carbons (Fsp3) is 0.423. The molecule has 0 aliphatic carbocycles. The van der Waals surface area contributed by atoms with Crippen LogP contribution in [-0.4, -0.2) is 78.0 Å². The van der Waals surface area contributed by atoms with Gasteiger partial charge in [0.1, 0.15) is 18.2 Å². The van der Waals surface area contributed by atoms with Gasteiger partial charge in [0.2, 0.25) is 5.91 Å². The van der Waals surface area contributed by atoms with Crippen LogP contribution in [0.25, 0.3) is 0 Å². The van der Waals surface area contributed by atoms with E-state index < -0.39 is 41.5 Å². The summed E-state index contributed by atoms with van der Waals surface area (Å²) in [5, 5.41) is 16.7. The van der Waals surface area contributed by atoms with E-state index in [1.807, 2.05) is 18.2 Å². The summed E-state index contributed by atoms with van der Waals surface area (Å²) in [6.45, 7) is 2.79. The molecule has 3 N–H and O–H groups in total. The highest BCUT2D eigenvalue weighted by molar-refractivity contribution is 6.35. The predicted octanol–water partition coefficient (Wildman–Crippen LogP) is 1.01. The number of nitrogens with one attached hydrogen (secondary N) is 2. The zero-order valence-corrected chi connectivity index (χ0v) is 20.5. The number of likely N-dealkylation sites (N-methyl/N-ethyl adjacent to an activating group) is 1. The molecule has 1 aliphatic heterocycles. The topological polar surface area (TPSA) is 102 Å². The van der Waals surface area contributed by atoms with Gasteiger partial charge in [-0.15, -0.1) is 0 Å². The smallest absolute Gasteiger partial charge is 0.312 e. The zero-order valence-electron chi connectivity index (χ0n) is 20.5. The lowest BCUT2D eigenvalue weighted by atomic mass is 10.0. The number of nitrogens with zero attached hydrogens (tertiary/aromatic N) is 2. The normalized spacial score (nSPS) is 15.7. The van der Waals surface area contributed by atoms with Crippen molar-refractivity contribution >= 4 is 17.7 Å². The van der Waals surface area contributed by atoms with Crippen LogP contribution in [0.4, 0.5) is 8.78 Å². The minimum Gasteiger partial charge on any atom is -0.390 e. The molecule has 2 aromatic rings. The highest BCUT2D eigenvalue weighted by Gasteiger charge is 2.32. The molecule has 0 bridgehead atoms. The third-order valence-electron chi connectivity index (χ3n) is 6.13. The number of aliphatic hydroxyl groups excluding tert-OH is 1. The Labute approximate surface area is 209 Å². The molecule has 1 fully saturated rings. The molecule has 0 radical (unpaired) electrons. The van der Waals surface area contributed by atoms with Gasteiger partial charge in [-0.3, -0.25) is 14.4 Å². The van der Waals surface area contributed by atoms with Crippen LogP contribution in [0.2, 0.25) is 0 Å². The number of hydrogen-bond donors (Lipinski definition) is 3. The Morgan fingerprint density at radius 2 is 1.72 bits per heavy atom. The molecule has 1 heterocycles. The minimum atomic E-state index is -1.10.